The van der Waals surface area contributed by atoms with Crippen molar-refractivity contribution < 1.29 is 27.5 Å². The van der Waals surface area contributed by atoms with Gasteiger partial charge in [-0.05, 0) is 37.2 Å². The van der Waals surface area contributed by atoms with E-state index in [1.54, 1.807) is 12.2 Å². The molecule has 3 heterocycles. The summed E-state index contributed by atoms with van der Waals surface area (Å²) in [6.07, 6.45) is 9.30. The van der Waals surface area contributed by atoms with Gasteiger partial charge in [0, 0.05) is 32.2 Å². The van der Waals surface area contributed by atoms with Crippen molar-refractivity contribution in [2.45, 2.75) is 46.1 Å². The second kappa shape index (κ2) is 10.3. The van der Waals surface area contributed by atoms with Gasteiger partial charge < -0.3 is 14.8 Å². The Balaban J connectivity index is 1.49. The van der Waals surface area contributed by atoms with Crippen LogP contribution in [0.3, 0.4) is 0 Å². The summed E-state index contributed by atoms with van der Waals surface area (Å²) in [6.45, 7) is 6.53. The molecule has 0 radical (unpaired) electrons. The summed E-state index contributed by atoms with van der Waals surface area (Å²) in [5.41, 5.74) is 2.34. The number of ether oxygens (including phenoxy) is 2. The lowest BCUT2D eigenvalue weighted by Gasteiger charge is -2.36. The third-order valence-corrected chi connectivity index (χ3v) is 7.61. The van der Waals surface area contributed by atoms with Crippen molar-refractivity contribution in [1.82, 2.24) is 15.1 Å². The molecule has 1 saturated heterocycles. The second-order valence-corrected chi connectivity index (χ2v) is 10.3. The molecule has 1 spiro atoms. The molecule has 1 unspecified atom stereocenters. The molecule has 1 amide bonds. The molecule has 1 aliphatic carbocycles. The highest BCUT2D eigenvalue weighted by atomic mass is 32.2. The average Bonchev–Trinajstić information content (AvgIpc) is 3.10. The van der Waals surface area contributed by atoms with Gasteiger partial charge in [-0.25, -0.2) is 0 Å². The van der Waals surface area contributed by atoms with Gasteiger partial charge >= 0.3 is 5.97 Å². The monoisotopic (exact) mass is 489 g/mol. The number of nitrogens with zero attached hydrogens (tertiary/aromatic N) is 2. The molecule has 1 N–H and O–H groups in total. The van der Waals surface area contributed by atoms with Crippen LogP contribution in [-0.2, 0) is 43.9 Å². The fourth-order valence-corrected chi connectivity index (χ4v) is 5.44. The summed E-state index contributed by atoms with van der Waals surface area (Å²) in [7, 11) is -2.49. The number of esters is 1. The number of fused-ring (bicyclic) bond motifs is 1. The molecule has 34 heavy (non-hydrogen) atoms. The summed E-state index contributed by atoms with van der Waals surface area (Å²) in [5, 5.41) is 7.86. The van der Waals surface area contributed by atoms with Crippen LogP contribution in [0.5, 0.6) is 0 Å². The van der Waals surface area contributed by atoms with Crippen LogP contribution in [0, 0.1) is 17.3 Å². The van der Waals surface area contributed by atoms with Crippen LogP contribution in [0.4, 0.5) is 0 Å². The van der Waals surface area contributed by atoms with Crippen LogP contribution in [0.25, 0.3) is 0 Å². The molecule has 0 bridgehead atoms. The number of hydrogen-bond donors (Lipinski definition) is 1. The van der Waals surface area contributed by atoms with Crippen LogP contribution in [0.2, 0.25) is 0 Å². The van der Waals surface area contributed by atoms with E-state index < -0.39 is 22.2 Å². The zero-order chi connectivity index (χ0) is 24.3. The molecular formula is C24H31N3O6S. The van der Waals surface area contributed by atoms with Gasteiger partial charge in [0.05, 0.1) is 28.4 Å². The van der Waals surface area contributed by atoms with E-state index in [-0.39, 0.29) is 28.7 Å². The molecule has 3 aliphatic rings. The number of carbonyl (C=O) groups is 2. The number of aryl methyl sites for hydroxylation is 1. The Hall–Kier alpha value is -2.72. The molecule has 1 aromatic heterocycles. The SMILES string of the molecule is CCc1nn(C[C@@H](C)COC(=O)C2C=CC=CC2=S(=O)=O)c2c1C(=O)NCC1(CCOCC1)C2. The largest absolute Gasteiger partial charge is 0.465 e. The summed E-state index contributed by atoms with van der Waals surface area (Å²) >= 11 is 0. The lowest BCUT2D eigenvalue weighted by atomic mass is 9.76. The molecule has 184 valence electrons. The van der Waals surface area contributed by atoms with Gasteiger partial charge in [-0.3, -0.25) is 14.3 Å². The van der Waals surface area contributed by atoms with Crippen molar-refractivity contribution in [2.75, 3.05) is 26.4 Å². The number of hydrogen-bond acceptors (Lipinski definition) is 7. The van der Waals surface area contributed by atoms with E-state index in [4.69, 9.17) is 14.6 Å². The summed E-state index contributed by atoms with van der Waals surface area (Å²) in [4.78, 5) is 25.5. The Bertz CT molecular complexity index is 1150. The van der Waals surface area contributed by atoms with Crippen LogP contribution in [-0.4, -0.2) is 61.3 Å². The molecule has 0 saturated carbocycles. The van der Waals surface area contributed by atoms with Crippen LogP contribution in [0.15, 0.2) is 24.3 Å². The molecular weight excluding hydrogens is 458 g/mol. The van der Waals surface area contributed by atoms with E-state index in [1.165, 1.54) is 12.2 Å². The first-order chi connectivity index (χ1) is 16.3. The van der Waals surface area contributed by atoms with Gasteiger partial charge in [-0.2, -0.15) is 13.5 Å². The topological polar surface area (TPSA) is 117 Å². The fraction of sp³-hybridized carbons (Fsp3) is 0.583. The van der Waals surface area contributed by atoms with Crippen molar-refractivity contribution in [1.29, 1.82) is 0 Å². The normalized spacial score (nSPS) is 22.1. The Morgan fingerprint density at radius 1 is 1.35 bits per heavy atom. The van der Waals surface area contributed by atoms with Gasteiger partial charge in [-0.15, -0.1) is 0 Å². The average molecular weight is 490 g/mol. The van der Waals surface area contributed by atoms with Crippen LogP contribution < -0.4 is 5.32 Å². The molecule has 1 fully saturated rings. The highest BCUT2D eigenvalue weighted by Crippen LogP contribution is 2.37. The maximum Gasteiger partial charge on any atom is 0.318 e. The maximum absolute atomic E-state index is 13.0. The second-order valence-electron chi connectivity index (χ2n) is 9.37. The molecule has 1 aromatic rings. The minimum absolute atomic E-state index is 0.00194. The number of amides is 1. The zero-order valence-electron chi connectivity index (χ0n) is 19.6. The molecule has 10 heteroatoms. The van der Waals surface area contributed by atoms with Crippen molar-refractivity contribution in [2.24, 2.45) is 17.3 Å². The zero-order valence-corrected chi connectivity index (χ0v) is 20.4. The summed E-state index contributed by atoms with van der Waals surface area (Å²) in [5.74, 6) is -1.69. The maximum atomic E-state index is 13.0. The number of rotatable bonds is 6. The summed E-state index contributed by atoms with van der Waals surface area (Å²) in [6, 6.07) is 0. The van der Waals surface area contributed by atoms with Crippen LogP contribution >= 0.6 is 0 Å². The minimum Gasteiger partial charge on any atom is -0.465 e. The van der Waals surface area contributed by atoms with Crippen LogP contribution in [0.1, 0.15) is 48.4 Å². The highest BCUT2D eigenvalue weighted by Gasteiger charge is 2.39. The van der Waals surface area contributed by atoms with Crippen molar-refractivity contribution in [3.8, 4) is 0 Å². The molecule has 2 aliphatic heterocycles. The first-order valence-corrected chi connectivity index (χ1v) is 12.8. The Labute approximate surface area is 200 Å². The highest BCUT2D eigenvalue weighted by molar-refractivity contribution is 7.73. The van der Waals surface area contributed by atoms with Gasteiger partial charge in [0.25, 0.3) is 5.91 Å². The van der Waals surface area contributed by atoms with E-state index in [1.807, 2.05) is 18.5 Å². The Morgan fingerprint density at radius 3 is 2.82 bits per heavy atom. The predicted octanol–water partition coefficient (Wildman–Crippen LogP) is 1.50. The molecule has 0 aromatic carbocycles. The molecule has 2 atom stereocenters. The van der Waals surface area contributed by atoms with E-state index in [2.05, 4.69) is 5.32 Å². The van der Waals surface area contributed by atoms with E-state index in [0.29, 0.717) is 38.3 Å². The molecule has 4 rings (SSSR count). The van der Waals surface area contributed by atoms with Gasteiger partial charge in [0.1, 0.15) is 5.92 Å². The number of carbonyl (C=O) groups excluding carboxylic acids is 2. The minimum atomic E-state index is -2.49. The Morgan fingerprint density at radius 2 is 2.12 bits per heavy atom. The fourth-order valence-electron chi connectivity index (χ4n) is 4.86. The number of nitrogens with one attached hydrogen (secondary N) is 1. The quantitative estimate of drug-likeness (QED) is 0.475. The summed E-state index contributed by atoms with van der Waals surface area (Å²) < 4.78 is 35.8. The third kappa shape index (κ3) is 5.02. The van der Waals surface area contributed by atoms with E-state index in [9.17, 15) is 18.0 Å². The molecule has 9 nitrogen and oxygen atoms in total. The van der Waals surface area contributed by atoms with Crippen molar-refractivity contribution in [3.63, 3.8) is 0 Å². The smallest absolute Gasteiger partial charge is 0.318 e. The van der Waals surface area contributed by atoms with E-state index >= 15 is 0 Å². The first kappa shape index (κ1) is 24.4. The number of allylic oxidation sites excluding steroid dienone is 3. The lowest BCUT2D eigenvalue weighted by Crippen LogP contribution is -2.41. The van der Waals surface area contributed by atoms with Crippen molar-refractivity contribution >= 4 is 27.0 Å². The Kier molecular flexibility index (Phi) is 7.37. The predicted molar refractivity (Wildman–Crippen MR) is 126 cm³/mol. The van der Waals surface area contributed by atoms with Gasteiger partial charge in [0.2, 0.25) is 10.3 Å². The first-order valence-electron chi connectivity index (χ1n) is 11.8. The third-order valence-electron chi connectivity index (χ3n) is 6.83. The standard InChI is InChI=1S/C24H31N3O6S/c1-3-18-21-19(12-24(15-25-22(21)28)8-10-32-11-9-24)27(26-18)13-16(2)14-33-23(29)17-6-4-5-7-20(17)34(30)31/h4-7,16-17H,3,8-15H2,1-2H3,(H,25,28)/t16-,17?/m1/s1. The van der Waals surface area contributed by atoms with Gasteiger partial charge in [-0.1, -0.05) is 32.1 Å². The lowest BCUT2D eigenvalue weighted by molar-refractivity contribution is -0.146. The van der Waals surface area contributed by atoms with Crippen molar-refractivity contribution in [3.05, 3.63) is 41.3 Å². The number of aromatic nitrogens is 2. The van der Waals surface area contributed by atoms with E-state index in [0.717, 1.165) is 30.7 Å². The van der Waals surface area contributed by atoms with Gasteiger partial charge in [0.15, 0.2) is 0 Å².